The van der Waals surface area contributed by atoms with Crippen LogP contribution in [-0.4, -0.2) is 18.1 Å². The van der Waals surface area contributed by atoms with E-state index in [0.717, 1.165) is 27.9 Å². The Morgan fingerprint density at radius 2 is 1.45 bits per heavy atom. The second kappa shape index (κ2) is 9.13. The van der Waals surface area contributed by atoms with Crippen LogP contribution in [0.3, 0.4) is 0 Å². The van der Waals surface area contributed by atoms with E-state index < -0.39 is 0 Å². The van der Waals surface area contributed by atoms with Crippen molar-refractivity contribution in [2.45, 2.75) is 6.92 Å². The Kier molecular flexibility index (Phi) is 5.94. The molecule has 0 atom stereocenters. The molecule has 0 saturated heterocycles. The van der Waals surface area contributed by atoms with Crippen LogP contribution in [0.1, 0.15) is 5.69 Å². The maximum atomic E-state index is 12.6. The predicted octanol–water partition coefficient (Wildman–Crippen LogP) is 6.38. The van der Waals surface area contributed by atoms with Crippen LogP contribution in [0.5, 0.6) is 5.75 Å². The van der Waals surface area contributed by atoms with E-state index in [1.54, 1.807) is 13.3 Å². The van der Waals surface area contributed by atoms with Crippen LogP contribution in [0.25, 0.3) is 22.3 Å². The van der Waals surface area contributed by atoms with Crippen molar-refractivity contribution in [1.82, 2.24) is 4.98 Å². The molecule has 1 aromatic heterocycles. The number of aryl methyl sites for hydroxylation is 1. The summed E-state index contributed by atoms with van der Waals surface area (Å²) in [7, 11) is 1.58. The van der Waals surface area contributed by atoms with E-state index in [4.69, 9.17) is 4.74 Å². The summed E-state index contributed by atoms with van der Waals surface area (Å²) in [5.41, 5.74) is 6.48. The third-order valence-corrected chi connectivity index (χ3v) is 4.93. The zero-order valence-corrected chi connectivity index (χ0v) is 17.4. The number of anilines is 2. The Bertz CT molecular complexity index is 1190. The molecule has 31 heavy (non-hydrogen) atoms. The lowest BCUT2D eigenvalue weighted by Gasteiger charge is -2.13. The molecule has 2 amide bonds. The Hall–Kier alpha value is -4.12. The van der Waals surface area contributed by atoms with Gasteiger partial charge in [0.25, 0.3) is 0 Å². The predicted molar refractivity (Wildman–Crippen MR) is 125 cm³/mol. The first-order chi connectivity index (χ1) is 15.1. The highest BCUT2D eigenvalue weighted by molar-refractivity contribution is 6.01. The number of amides is 2. The fraction of sp³-hybridized carbons (Fsp3) is 0.0769. The topological polar surface area (TPSA) is 63.2 Å². The zero-order valence-electron chi connectivity index (χ0n) is 17.4. The van der Waals surface area contributed by atoms with Gasteiger partial charge in [0, 0.05) is 17.6 Å². The van der Waals surface area contributed by atoms with Gasteiger partial charge in [0.05, 0.1) is 12.8 Å². The summed E-state index contributed by atoms with van der Waals surface area (Å²) in [5.74, 6) is 0.596. The molecule has 4 rings (SSSR count). The number of nitrogens with one attached hydrogen (secondary N) is 2. The Morgan fingerprint density at radius 1 is 0.774 bits per heavy atom. The molecule has 0 saturated carbocycles. The first-order valence-electron chi connectivity index (χ1n) is 9.97. The van der Waals surface area contributed by atoms with Crippen molar-refractivity contribution in [2.75, 3.05) is 17.7 Å². The summed E-state index contributed by atoms with van der Waals surface area (Å²) in [5, 5.41) is 5.76. The third-order valence-electron chi connectivity index (χ3n) is 4.93. The number of hydrogen-bond donors (Lipinski definition) is 2. The van der Waals surface area contributed by atoms with Crippen molar-refractivity contribution in [3.05, 3.63) is 96.8 Å². The standard InChI is InChI=1S/C26H23N3O2/c1-18-16-22(14-15-27-18)20-8-11-23(12-9-20)28-26(30)29-24-17-21(10-13-25(24)31-2)19-6-4-3-5-7-19/h3-17H,1-2H3,(H2,28,29,30). The van der Waals surface area contributed by atoms with Crippen LogP contribution in [0, 0.1) is 6.92 Å². The van der Waals surface area contributed by atoms with Crippen molar-refractivity contribution in [3.63, 3.8) is 0 Å². The van der Waals surface area contributed by atoms with Crippen LogP contribution in [0.2, 0.25) is 0 Å². The van der Waals surface area contributed by atoms with Crippen LogP contribution in [0.15, 0.2) is 91.1 Å². The summed E-state index contributed by atoms with van der Waals surface area (Å²) in [6.45, 7) is 1.96. The van der Waals surface area contributed by atoms with Gasteiger partial charge in [-0.3, -0.25) is 4.98 Å². The minimum atomic E-state index is -0.337. The van der Waals surface area contributed by atoms with Gasteiger partial charge in [-0.1, -0.05) is 48.5 Å². The van der Waals surface area contributed by atoms with E-state index in [2.05, 4.69) is 15.6 Å². The minimum absolute atomic E-state index is 0.337. The van der Waals surface area contributed by atoms with Gasteiger partial charge in [0.15, 0.2) is 0 Å². The molecule has 5 nitrogen and oxygen atoms in total. The maximum absolute atomic E-state index is 12.6. The van der Waals surface area contributed by atoms with Crippen LogP contribution < -0.4 is 15.4 Å². The smallest absolute Gasteiger partial charge is 0.323 e. The van der Waals surface area contributed by atoms with Crippen molar-refractivity contribution < 1.29 is 9.53 Å². The first kappa shape index (κ1) is 20.2. The Labute approximate surface area is 181 Å². The number of nitrogens with zero attached hydrogens (tertiary/aromatic N) is 1. The van der Waals surface area contributed by atoms with E-state index >= 15 is 0 Å². The summed E-state index contributed by atoms with van der Waals surface area (Å²) < 4.78 is 5.41. The summed E-state index contributed by atoms with van der Waals surface area (Å²) in [6.07, 6.45) is 1.79. The normalized spacial score (nSPS) is 10.4. The molecule has 1 heterocycles. The van der Waals surface area contributed by atoms with E-state index in [1.165, 1.54) is 0 Å². The molecule has 4 aromatic rings. The highest BCUT2D eigenvalue weighted by Crippen LogP contribution is 2.31. The molecule has 154 valence electrons. The number of aromatic nitrogens is 1. The van der Waals surface area contributed by atoms with E-state index in [9.17, 15) is 4.79 Å². The molecule has 0 bridgehead atoms. The van der Waals surface area contributed by atoms with Gasteiger partial charge >= 0.3 is 6.03 Å². The maximum Gasteiger partial charge on any atom is 0.323 e. The summed E-state index contributed by atoms with van der Waals surface area (Å²) in [4.78, 5) is 16.8. The number of carbonyl (C=O) groups excluding carboxylic acids is 1. The fourth-order valence-electron chi connectivity index (χ4n) is 3.37. The monoisotopic (exact) mass is 409 g/mol. The lowest BCUT2D eigenvalue weighted by Crippen LogP contribution is -2.19. The number of rotatable bonds is 5. The average molecular weight is 409 g/mol. The van der Waals surface area contributed by atoms with E-state index in [-0.39, 0.29) is 6.03 Å². The second-order valence-corrected chi connectivity index (χ2v) is 7.12. The van der Waals surface area contributed by atoms with Gasteiger partial charge in [-0.05, 0) is 65.6 Å². The zero-order chi connectivity index (χ0) is 21.6. The molecule has 0 fully saturated rings. The number of hydrogen-bond acceptors (Lipinski definition) is 3. The molecular formula is C26H23N3O2. The van der Waals surface area contributed by atoms with Gasteiger partial charge in [0.2, 0.25) is 0 Å². The number of carbonyl (C=O) groups is 1. The molecule has 5 heteroatoms. The molecule has 0 aliphatic rings. The van der Waals surface area contributed by atoms with Crippen molar-refractivity contribution in [3.8, 4) is 28.0 Å². The van der Waals surface area contributed by atoms with Crippen LogP contribution in [-0.2, 0) is 0 Å². The van der Waals surface area contributed by atoms with Gasteiger partial charge < -0.3 is 15.4 Å². The quantitative estimate of drug-likeness (QED) is 0.402. The van der Waals surface area contributed by atoms with Crippen LogP contribution in [0.4, 0.5) is 16.2 Å². The lowest BCUT2D eigenvalue weighted by molar-refractivity contribution is 0.262. The van der Waals surface area contributed by atoms with Gasteiger partial charge in [-0.15, -0.1) is 0 Å². The van der Waals surface area contributed by atoms with Gasteiger partial charge in [0.1, 0.15) is 5.75 Å². The number of methoxy groups -OCH3 is 1. The highest BCUT2D eigenvalue weighted by Gasteiger charge is 2.10. The first-order valence-corrected chi connectivity index (χ1v) is 9.97. The van der Waals surface area contributed by atoms with Crippen LogP contribution >= 0.6 is 0 Å². The number of urea groups is 1. The molecule has 0 spiro atoms. The largest absolute Gasteiger partial charge is 0.495 e. The van der Waals surface area contributed by atoms with Gasteiger partial charge in [-0.2, -0.15) is 0 Å². The third kappa shape index (κ3) is 4.90. The summed E-state index contributed by atoms with van der Waals surface area (Å²) >= 11 is 0. The lowest BCUT2D eigenvalue weighted by atomic mass is 10.0. The number of pyridine rings is 1. The van der Waals surface area contributed by atoms with Crippen molar-refractivity contribution in [1.29, 1.82) is 0 Å². The molecule has 0 aliphatic heterocycles. The Balaban J connectivity index is 1.48. The number of ether oxygens (including phenoxy) is 1. The summed E-state index contributed by atoms with van der Waals surface area (Å²) in [6, 6.07) is 27.1. The second-order valence-electron chi connectivity index (χ2n) is 7.12. The minimum Gasteiger partial charge on any atom is -0.495 e. The fourth-order valence-corrected chi connectivity index (χ4v) is 3.37. The number of benzene rings is 3. The SMILES string of the molecule is COc1ccc(-c2ccccc2)cc1NC(=O)Nc1ccc(-c2ccnc(C)c2)cc1. The average Bonchev–Trinajstić information content (AvgIpc) is 2.80. The van der Waals surface area contributed by atoms with Crippen molar-refractivity contribution >= 4 is 17.4 Å². The molecule has 0 radical (unpaired) electrons. The van der Waals surface area contributed by atoms with Crippen molar-refractivity contribution in [2.24, 2.45) is 0 Å². The molecule has 0 aliphatic carbocycles. The Morgan fingerprint density at radius 3 is 2.16 bits per heavy atom. The molecular weight excluding hydrogens is 386 g/mol. The van der Waals surface area contributed by atoms with Gasteiger partial charge in [-0.25, -0.2) is 4.79 Å². The van der Waals surface area contributed by atoms with E-state index in [1.807, 2.05) is 91.9 Å². The molecule has 3 aromatic carbocycles. The molecule has 0 unspecified atom stereocenters. The molecule has 2 N–H and O–H groups in total. The van der Waals surface area contributed by atoms with E-state index in [0.29, 0.717) is 17.1 Å². The highest BCUT2D eigenvalue weighted by atomic mass is 16.5.